The first kappa shape index (κ1) is 23.7. The Labute approximate surface area is 201 Å². The second kappa shape index (κ2) is 10.6. The van der Waals surface area contributed by atoms with Crippen LogP contribution in [0.5, 0.6) is 0 Å². The lowest BCUT2D eigenvalue weighted by Gasteiger charge is -2.29. The van der Waals surface area contributed by atoms with Crippen molar-refractivity contribution in [1.82, 2.24) is 9.80 Å². The number of carbonyl (C=O) groups excluding carboxylic acids is 2. The number of primary amides is 1. The number of amides is 2. The van der Waals surface area contributed by atoms with Crippen LogP contribution in [0.2, 0.25) is 0 Å². The summed E-state index contributed by atoms with van der Waals surface area (Å²) >= 11 is 0. The molecule has 0 aromatic heterocycles. The molecule has 1 saturated heterocycles. The highest BCUT2D eigenvalue weighted by Crippen LogP contribution is 2.28. The SMILES string of the molecule is CN(C)Cc1ccccc1-c1ccc(N2CC(C(N)=O)N(Cc3ccccc3)C[CH]C2=O)cc1. The smallest absolute Gasteiger partial charge is 0.236 e. The summed E-state index contributed by atoms with van der Waals surface area (Å²) in [6.45, 7) is 1.98. The molecule has 1 unspecified atom stereocenters. The number of anilines is 1. The largest absolute Gasteiger partial charge is 0.368 e. The van der Waals surface area contributed by atoms with Crippen molar-refractivity contribution in [3.63, 3.8) is 0 Å². The maximum Gasteiger partial charge on any atom is 0.236 e. The highest BCUT2D eigenvalue weighted by molar-refractivity contribution is 6.01. The molecule has 2 amide bonds. The molecule has 6 heteroatoms. The summed E-state index contributed by atoms with van der Waals surface area (Å²) in [6.07, 6.45) is 1.63. The van der Waals surface area contributed by atoms with Gasteiger partial charge in [-0.2, -0.15) is 0 Å². The zero-order valence-corrected chi connectivity index (χ0v) is 19.7. The molecule has 6 nitrogen and oxygen atoms in total. The van der Waals surface area contributed by atoms with Gasteiger partial charge in [0.2, 0.25) is 11.8 Å². The van der Waals surface area contributed by atoms with Crippen molar-refractivity contribution in [3.8, 4) is 11.1 Å². The molecular formula is C28H31N4O2. The third-order valence-corrected chi connectivity index (χ3v) is 6.11. The van der Waals surface area contributed by atoms with Gasteiger partial charge >= 0.3 is 0 Å². The minimum absolute atomic E-state index is 0.123. The van der Waals surface area contributed by atoms with Crippen molar-refractivity contribution in [1.29, 1.82) is 0 Å². The Hall–Kier alpha value is -3.48. The van der Waals surface area contributed by atoms with E-state index < -0.39 is 11.9 Å². The number of nitrogens with zero attached hydrogens (tertiary/aromatic N) is 3. The summed E-state index contributed by atoms with van der Waals surface area (Å²) in [7, 11) is 4.11. The molecule has 1 atom stereocenters. The number of rotatable bonds is 7. The molecule has 4 rings (SSSR count). The Balaban J connectivity index is 1.57. The molecular weight excluding hydrogens is 424 g/mol. The monoisotopic (exact) mass is 455 g/mol. The average Bonchev–Trinajstić information content (AvgIpc) is 2.99. The molecule has 1 aliphatic heterocycles. The van der Waals surface area contributed by atoms with Crippen LogP contribution in [0.3, 0.4) is 0 Å². The number of hydrogen-bond acceptors (Lipinski definition) is 4. The maximum atomic E-state index is 13.0. The first-order chi connectivity index (χ1) is 16.4. The van der Waals surface area contributed by atoms with E-state index in [4.69, 9.17) is 5.73 Å². The summed E-state index contributed by atoms with van der Waals surface area (Å²) in [5, 5.41) is 0. The van der Waals surface area contributed by atoms with Crippen molar-refractivity contribution in [3.05, 3.63) is 96.4 Å². The molecule has 0 aliphatic carbocycles. The van der Waals surface area contributed by atoms with E-state index in [0.717, 1.165) is 23.4 Å². The Morgan fingerprint density at radius 3 is 2.32 bits per heavy atom. The van der Waals surface area contributed by atoms with Gasteiger partial charge in [-0.25, -0.2) is 0 Å². The Bertz CT molecular complexity index is 1130. The van der Waals surface area contributed by atoms with Gasteiger partial charge in [-0.05, 0) is 48.5 Å². The molecule has 34 heavy (non-hydrogen) atoms. The number of benzene rings is 3. The molecule has 3 aromatic carbocycles. The quantitative estimate of drug-likeness (QED) is 0.593. The van der Waals surface area contributed by atoms with Gasteiger partial charge in [-0.1, -0.05) is 66.7 Å². The first-order valence-electron chi connectivity index (χ1n) is 11.5. The summed E-state index contributed by atoms with van der Waals surface area (Å²) in [6, 6.07) is 25.6. The molecule has 2 N–H and O–H groups in total. The lowest BCUT2D eigenvalue weighted by molar-refractivity contribution is -0.122. The van der Waals surface area contributed by atoms with Crippen LogP contribution in [0, 0.1) is 6.42 Å². The Morgan fingerprint density at radius 1 is 0.971 bits per heavy atom. The maximum absolute atomic E-state index is 13.0. The number of nitrogens with two attached hydrogens (primary N) is 1. The van der Waals surface area contributed by atoms with Crippen molar-refractivity contribution >= 4 is 17.5 Å². The van der Waals surface area contributed by atoms with Gasteiger partial charge in [-0.15, -0.1) is 0 Å². The molecule has 1 heterocycles. The summed E-state index contributed by atoms with van der Waals surface area (Å²) in [5.41, 5.74) is 11.1. The number of hydrogen-bond donors (Lipinski definition) is 1. The predicted octanol–water partition coefficient (Wildman–Crippen LogP) is 3.32. The van der Waals surface area contributed by atoms with Gasteiger partial charge in [0.15, 0.2) is 0 Å². The third kappa shape index (κ3) is 5.53. The second-order valence-corrected chi connectivity index (χ2v) is 8.93. The fourth-order valence-corrected chi connectivity index (χ4v) is 4.41. The van der Waals surface area contributed by atoms with Crippen molar-refractivity contribution in [2.45, 2.75) is 19.1 Å². The van der Waals surface area contributed by atoms with Gasteiger partial charge in [0.1, 0.15) is 6.04 Å². The third-order valence-electron chi connectivity index (χ3n) is 6.11. The van der Waals surface area contributed by atoms with E-state index in [9.17, 15) is 9.59 Å². The lowest BCUT2D eigenvalue weighted by Crippen LogP contribution is -2.49. The van der Waals surface area contributed by atoms with Crippen LogP contribution in [0.15, 0.2) is 78.9 Å². The van der Waals surface area contributed by atoms with E-state index in [1.807, 2.05) is 71.6 Å². The molecule has 1 aliphatic rings. The highest BCUT2D eigenvalue weighted by atomic mass is 16.2. The molecule has 3 aromatic rings. The van der Waals surface area contributed by atoms with Gasteiger partial charge < -0.3 is 15.5 Å². The molecule has 0 bridgehead atoms. The van der Waals surface area contributed by atoms with Crippen molar-refractivity contribution < 1.29 is 9.59 Å². The van der Waals surface area contributed by atoms with Crippen LogP contribution in [0.1, 0.15) is 11.1 Å². The van der Waals surface area contributed by atoms with Crippen LogP contribution >= 0.6 is 0 Å². The van der Waals surface area contributed by atoms with Gasteiger partial charge in [0.25, 0.3) is 0 Å². The minimum atomic E-state index is -0.580. The van der Waals surface area contributed by atoms with E-state index >= 15 is 0 Å². The summed E-state index contributed by atoms with van der Waals surface area (Å²) < 4.78 is 0. The van der Waals surface area contributed by atoms with Crippen LogP contribution in [-0.2, 0) is 22.7 Å². The standard InChI is InChI=1S/C28H31N4O2/c1-30(2)19-23-10-6-7-11-25(23)22-12-14-24(15-13-22)32-20-26(28(29)34)31(17-16-27(32)33)18-21-8-4-3-5-9-21/h3-16,26H,17-20H2,1-2H3,(H2,29,34). The van der Waals surface area contributed by atoms with E-state index in [0.29, 0.717) is 13.1 Å². The normalized spacial score (nSPS) is 17.1. The Morgan fingerprint density at radius 2 is 1.65 bits per heavy atom. The van der Waals surface area contributed by atoms with Crippen LogP contribution < -0.4 is 10.6 Å². The first-order valence-corrected chi connectivity index (χ1v) is 11.5. The minimum Gasteiger partial charge on any atom is -0.368 e. The molecule has 0 saturated carbocycles. The van der Waals surface area contributed by atoms with E-state index in [-0.39, 0.29) is 12.5 Å². The predicted molar refractivity (Wildman–Crippen MR) is 136 cm³/mol. The topological polar surface area (TPSA) is 69.9 Å². The van der Waals surface area contributed by atoms with Crippen molar-refractivity contribution in [2.75, 3.05) is 32.1 Å². The zero-order chi connectivity index (χ0) is 24.1. The van der Waals surface area contributed by atoms with Crippen LogP contribution in [0.25, 0.3) is 11.1 Å². The van der Waals surface area contributed by atoms with Gasteiger partial charge in [0, 0.05) is 25.3 Å². The fraction of sp³-hybridized carbons (Fsp3) is 0.250. The van der Waals surface area contributed by atoms with Crippen molar-refractivity contribution in [2.24, 2.45) is 5.73 Å². The van der Waals surface area contributed by atoms with Gasteiger partial charge in [0.05, 0.1) is 13.0 Å². The molecule has 0 spiro atoms. The molecule has 1 radical (unpaired) electrons. The highest BCUT2D eigenvalue weighted by Gasteiger charge is 2.33. The summed E-state index contributed by atoms with van der Waals surface area (Å²) in [4.78, 5) is 31.1. The zero-order valence-electron chi connectivity index (χ0n) is 19.7. The lowest BCUT2D eigenvalue weighted by atomic mass is 9.99. The van der Waals surface area contributed by atoms with E-state index in [2.05, 4.69) is 31.1 Å². The summed E-state index contributed by atoms with van der Waals surface area (Å²) in [5.74, 6) is -0.555. The Kier molecular flexibility index (Phi) is 7.40. The molecule has 175 valence electrons. The number of carbonyl (C=O) groups is 2. The average molecular weight is 456 g/mol. The van der Waals surface area contributed by atoms with Crippen LogP contribution in [-0.4, -0.2) is 54.8 Å². The second-order valence-electron chi connectivity index (χ2n) is 8.93. The van der Waals surface area contributed by atoms with E-state index in [1.54, 1.807) is 11.3 Å². The fourth-order valence-electron chi connectivity index (χ4n) is 4.41. The van der Waals surface area contributed by atoms with E-state index in [1.165, 1.54) is 11.1 Å². The van der Waals surface area contributed by atoms with Gasteiger partial charge in [-0.3, -0.25) is 14.5 Å². The van der Waals surface area contributed by atoms with Crippen LogP contribution in [0.4, 0.5) is 5.69 Å². The molecule has 1 fully saturated rings.